The molecule has 2 aromatic rings. The Morgan fingerprint density at radius 3 is 2.16 bits per heavy atom. The Hall–Kier alpha value is -2.06. The first kappa shape index (κ1) is 19.3. The van der Waals surface area contributed by atoms with Gasteiger partial charge in [-0.3, -0.25) is 10.8 Å². The molecule has 8 heteroatoms. The molecule has 0 aromatic heterocycles. The molecule has 0 aliphatic carbocycles. The van der Waals surface area contributed by atoms with Gasteiger partial charge in [-0.05, 0) is 74.3 Å². The zero-order chi connectivity index (χ0) is 18.4. The summed E-state index contributed by atoms with van der Waals surface area (Å²) in [5.74, 6) is 1.39. The summed E-state index contributed by atoms with van der Waals surface area (Å²) in [5, 5.41) is 14.6. The monoisotopic (exact) mass is 468 g/mol. The van der Waals surface area contributed by atoms with Crippen molar-refractivity contribution in [3.05, 3.63) is 58.1 Å². The molecular formula is C17H18Br2N4O2. The maximum atomic E-state index is 7.41. The molecule has 0 amide bonds. The SMILES string of the molecule is N=C(N)c1ccc(OC(Br)CCOc2ccc(C(=N)N)cc2Br)cc1. The van der Waals surface area contributed by atoms with E-state index in [1.807, 2.05) is 0 Å². The number of hydrogen-bond acceptors (Lipinski definition) is 4. The number of benzene rings is 2. The van der Waals surface area contributed by atoms with Gasteiger partial charge in [0.15, 0.2) is 5.01 Å². The van der Waals surface area contributed by atoms with Gasteiger partial charge in [0.25, 0.3) is 0 Å². The van der Waals surface area contributed by atoms with E-state index in [2.05, 4.69) is 31.9 Å². The zero-order valence-electron chi connectivity index (χ0n) is 13.3. The topological polar surface area (TPSA) is 118 Å². The van der Waals surface area contributed by atoms with E-state index in [0.717, 1.165) is 4.47 Å². The van der Waals surface area contributed by atoms with Crippen molar-refractivity contribution in [1.82, 2.24) is 0 Å². The van der Waals surface area contributed by atoms with Crippen LogP contribution in [0.4, 0.5) is 0 Å². The number of nitrogens with two attached hydrogens (primary N) is 2. The van der Waals surface area contributed by atoms with E-state index in [1.165, 1.54) is 0 Å². The van der Waals surface area contributed by atoms with E-state index in [0.29, 0.717) is 35.7 Å². The Labute approximate surface area is 162 Å². The van der Waals surface area contributed by atoms with Crippen LogP contribution in [0.25, 0.3) is 0 Å². The molecule has 0 bridgehead atoms. The molecule has 0 spiro atoms. The van der Waals surface area contributed by atoms with Gasteiger partial charge in [0.1, 0.15) is 23.2 Å². The van der Waals surface area contributed by atoms with E-state index in [1.54, 1.807) is 42.5 Å². The van der Waals surface area contributed by atoms with Gasteiger partial charge in [-0.25, -0.2) is 0 Å². The number of rotatable bonds is 8. The lowest BCUT2D eigenvalue weighted by Gasteiger charge is -2.15. The number of nitrogens with one attached hydrogen (secondary N) is 2. The second kappa shape index (κ2) is 8.87. The molecule has 1 atom stereocenters. The third-order valence-electron chi connectivity index (χ3n) is 3.27. The van der Waals surface area contributed by atoms with Gasteiger partial charge >= 0.3 is 0 Å². The second-order valence-electron chi connectivity index (χ2n) is 5.16. The first-order valence-corrected chi connectivity index (χ1v) is 9.09. The van der Waals surface area contributed by atoms with Crippen LogP contribution in [0.1, 0.15) is 17.5 Å². The van der Waals surface area contributed by atoms with Crippen LogP contribution in [0.3, 0.4) is 0 Å². The van der Waals surface area contributed by atoms with Crippen molar-refractivity contribution in [2.45, 2.75) is 11.4 Å². The Morgan fingerprint density at radius 1 is 1.00 bits per heavy atom. The molecule has 6 nitrogen and oxygen atoms in total. The standard InChI is InChI=1S/C17H18Br2N4O2/c18-13-9-11(17(22)23)3-6-14(13)24-8-7-15(19)25-12-4-1-10(2-5-12)16(20)21/h1-6,9,15H,7-8H2,(H3,20,21)(H3,22,23). The van der Waals surface area contributed by atoms with Crippen molar-refractivity contribution in [3.8, 4) is 11.5 Å². The fraction of sp³-hybridized carbons (Fsp3) is 0.176. The molecule has 1 unspecified atom stereocenters. The minimum atomic E-state index is -0.217. The van der Waals surface area contributed by atoms with Crippen LogP contribution in [0.15, 0.2) is 46.9 Å². The Bertz CT molecular complexity index is 766. The number of alkyl halides is 1. The highest BCUT2D eigenvalue weighted by Gasteiger charge is 2.09. The molecular weight excluding hydrogens is 452 g/mol. The molecule has 0 saturated heterocycles. The highest BCUT2D eigenvalue weighted by atomic mass is 79.9. The fourth-order valence-corrected chi connectivity index (χ4v) is 2.86. The van der Waals surface area contributed by atoms with Crippen molar-refractivity contribution in [3.63, 3.8) is 0 Å². The number of halogens is 2. The lowest BCUT2D eigenvalue weighted by atomic mass is 10.2. The highest BCUT2D eigenvalue weighted by Crippen LogP contribution is 2.26. The Balaban J connectivity index is 1.83. The van der Waals surface area contributed by atoms with Gasteiger partial charge in [-0.1, -0.05) is 0 Å². The van der Waals surface area contributed by atoms with E-state index in [4.69, 9.17) is 31.8 Å². The van der Waals surface area contributed by atoms with Crippen LogP contribution < -0.4 is 20.9 Å². The first-order valence-electron chi connectivity index (χ1n) is 7.38. The molecule has 132 valence electrons. The summed E-state index contributed by atoms with van der Waals surface area (Å²) in [6, 6.07) is 12.3. The summed E-state index contributed by atoms with van der Waals surface area (Å²) >= 11 is 6.87. The van der Waals surface area contributed by atoms with E-state index >= 15 is 0 Å². The molecule has 2 rings (SSSR count). The summed E-state index contributed by atoms with van der Waals surface area (Å²) in [6.07, 6.45) is 0.620. The van der Waals surface area contributed by atoms with Crippen molar-refractivity contribution in [2.24, 2.45) is 11.5 Å². The van der Waals surface area contributed by atoms with E-state index < -0.39 is 0 Å². The zero-order valence-corrected chi connectivity index (χ0v) is 16.4. The van der Waals surface area contributed by atoms with Crippen molar-refractivity contribution in [2.75, 3.05) is 6.61 Å². The van der Waals surface area contributed by atoms with Crippen molar-refractivity contribution < 1.29 is 9.47 Å². The van der Waals surface area contributed by atoms with Gasteiger partial charge in [0, 0.05) is 17.5 Å². The summed E-state index contributed by atoms with van der Waals surface area (Å²) < 4.78 is 12.2. The molecule has 0 fully saturated rings. The summed E-state index contributed by atoms with van der Waals surface area (Å²) in [4.78, 5) is 0. The second-order valence-corrected chi connectivity index (χ2v) is 7.04. The number of amidine groups is 2. The maximum Gasteiger partial charge on any atom is 0.156 e. The maximum absolute atomic E-state index is 7.41. The van der Waals surface area contributed by atoms with Crippen LogP contribution >= 0.6 is 31.9 Å². The summed E-state index contributed by atoms with van der Waals surface area (Å²) in [6.45, 7) is 0.444. The van der Waals surface area contributed by atoms with Gasteiger partial charge in [-0.2, -0.15) is 0 Å². The molecule has 0 saturated carbocycles. The molecule has 2 aromatic carbocycles. The Kier molecular flexibility index (Phi) is 6.83. The van der Waals surface area contributed by atoms with Crippen molar-refractivity contribution >= 4 is 43.5 Å². The lowest BCUT2D eigenvalue weighted by Crippen LogP contribution is -2.14. The number of hydrogen-bond donors (Lipinski definition) is 4. The molecule has 0 aliphatic rings. The van der Waals surface area contributed by atoms with E-state index in [9.17, 15) is 0 Å². The number of ether oxygens (including phenoxy) is 2. The largest absolute Gasteiger partial charge is 0.492 e. The molecule has 0 heterocycles. The summed E-state index contributed by atoms with van der Waals surface area (Å²) in [7, 11) is 0. The third-order valence-corrected chi connectivity index (χ3v) is 4.54. The average molecular weight is 470 g/mol. The smallest absolute Gasteiger partial charge is 0.156 e. The molecule has 0 radical (unpaired) electrons. The fourth-order valence-electron chi connectivity index (χ4n) is 1.97. The third kappa shape index (κ3) is 5.75. The van der Waals surface area contributed by atoms with Crippen LogP contribution in [0.2, 0.25) is 0 Å². The predicted octanol–water partition coefficient (Wildman–Crippen LogP) is 3.59. The van der Waals surface area contributed by atoms with Crippen LogP contribution in [0.5, 0.6) is 11.5 Å². The molecule has 6 N–H and O–H groups in total. The minimum Gasteiger partial charge on any atom is -0.492 e. The first-order chi connectivity index (χ1) is 11.9. The molecule has 25 heavy (non-hydrogen) atoms. The lowest BCUT2D eigenvalue weighted by molar-refractivity contribution is 0.229. The van der Waals surface area contributed by atoms with Gasteiger partial charge in [-0.15, -0.1) is 0 Å². The van der Waals surface area contributed by atoms with Gasteiger partial charge < -0.3 is 20.9 Å². The van der Waals surface area contributed by atoms with Gasteiger partial charge in [0.2, 0.25) is 0 Å². The van der Waals surface area contributed by atoms with Crippen LogP contribution in [-0.2, 0) is 0 Å². The van der Waals surface area contributed by atoms with Crippen LogP contribution in [0, 0.1) is 10.8 Å². The highest BCUT2D eigenvalue weighted by molar-refractivity contribution is 9.10. The van der Waals surface area contributed by atoms with E-state index in [-0.39, 0.29) is 16.7 Å². The van der Waals surface area contributed by atoms with Gasteiger partial charge in [0.05, 0.1) is 11.1 Å². The minimum absolute atomic E-state index is 0.0111. The predicted molar refractivity (Wildman–Crippen MR) is 106 cm³/mol. The summed E-state index contributed by atoms with van der Waals surface area (Å²) in [5.41, 5.74) is 12.2. The van der Waals surface area contributed by atoms with Crippen molar-refractivity contribution in [1.29, 1.82) is 10.8 Å². The number of nitrogen functional groups attached to an aromatic ring is 2. The molecule has 0 aliphatic heterocycles. The van der Waals surface area contributed by atoms with Crippen LogP contribution in [-0.4, -0.2) is 23.3 Å². The normalized spacial score (nSPS) is 11.6. The quantitative estimate of drug-likeness (QED) is 0.268. The Morgan fingerprint density at radius 2 is 1.60 bits per heavy atom. The average Bonchev–Trinajstić information content (AvgIpc) is 2.56.